The van der Waals surface area contributed by atoms with Gasteiger partial charge in [-0.2, -0.15) is 0 Å². The highest BCUT2D eigenvalue weighted by Gasteiger charge is 1.91. The highest BCUT2D eigenvalue weighted by molar-refractivity contribution is 5.66. The zero-order valence-electron chi connectivity index (χ0n) is 13.4. The van der Waals surface area contributed by atoms with Crippen LogP contribution in [0.1, 0.15) is 84.5 Å². The first-order chi connectivity index (χ1) is 9.77. The SMILES string of the molecule is CCCCCCCCCCCCC=C/C=C\OC(C)=O. The summed E-state index contributed by atoms with van der Waals surface area (Å²) in [5.74, 6) is -0.274. The summed E-state index contributed by atoms with van der Waals surface area (Å²) in [6.45, 7) is 3.67. The maximum absolute atomic E-state index is 10.5. The number of hydrogen-bond donors (Lipinski definition) is 0. The summed E-state index contributed by atoms with van der Waals surface area (Å²) in [5, 5.41) is 0. The van der Waals surface area contributed by atoms with E-state index in [4.69, 9.17) is 0 Å². The molecule has 0 fully saturated rings. The summed E-state index contributed by atoms with van der Waals surface area (Å²) in [5.41, 5.74) is 0. The minimum Gasteiger partial charge on any atom is -0.435 e. The van der Waals surface area contributed by atoms with E-state index >= 15 is 0 Å². The van der Waals surface area contributed by atoms with Crippen molar-refractivity contribution in [3.63, 3.8) is 0 Å². The minimum absolute atomic E-state index is 0.274. The molecule has 20 heavy (non-hydrogen) atoms. The van der Waals surface area contributed by atoms with E-state index in [2.05, 4.69) is 17.7 Å². The van der Waals surface area contributed by atoms with E-state index in [-0.39, 0.29) is 5.97 Å². The van der Waals surface area contributed by atoms with Crippen LogP contribution in [-0.2, 0) is 9.53 Å². The quantitative estimate of drug-likeness (QED) is 0.181. The second-order valence-electron chi connectivity index (χ2n) is 5.34. The summed E-state index contributed by atoms with van der Waals surface area (Å²) in [4.78, 5) is 10.5. The molecular weight excluding hydrogens is 248 g/mol. The van der Waals surface area contributed by atoms with Gasteiger partial charge in [0, 0.05) is 6.92 Å². The molecule has 0 N–H and O–H groups in total. The molecule has 0 aliphatic heterocycles. The molecule has 2 heteroatoms. The van der Waals surface area contributed by atoms with Gasteiger partial charge < -0.3 is 4.74 Å². The van der Waals surface area contributed by atoms with E-state index < -0.39 is 0 Å². The third kappa shape index (κ3) is 16.9. The molecule has 0 saturated carbocycles. The van der Waals surface area contributed by atoms with Gasteiger partial charge in [-0.05, 0) is 18.9 Å². The molecule has 0 aromatic heterocycles. The first-order valence-corrected chi connectivity index (χ1v) is 8.26. The normalized spacial score (nSPS) is 11.5. The summed E-state index contributed by atoms with van der Waals surface area (Å²) in [6.07, 6.45) is 22.1. The van der Waals surface area contributed by atoms with Gasteiger partial charge in [0.2, 0.25) is 0 Å². The van der Waals surface area contributed by atoms with Crippen molar-refractivity contribution in [2.75, 3.05) is 0 Å². The van der Waals surface area contributed by atoms with E-state index in [1.54, 1.807) is 6.08 Å². The van der Waals surface area contributed by atoms with Crippen molar-refractivity contribution < 1.29 is 9.53 Å². The molecule has 0 saturated heterocycles. The largest absolute Gasteiger partial charge is 0.435 e. The number of unbranched alkanes of at least 4 members (excludes halogenated alkanes) is 10. The molecule has 0 unspecified atom stereocenters. The van der Waals surface area contributed by atoms with Crippen molar-refractivity contribution in [1.29, 1.82) is 0 Å². The van der Waals surface area contributed by atoms with Gasteiger partial charge in [-0.1, -0.05) is 76.9 Å². The molecule has 0 rings (SSSR count). The fourth-order valence-electron chi connectivity index (χ4n) is 2.10. The first kappa shape index (κ1) is 18.9. The lowest BCUT2D eigenvalue weighted by Crippen LogP contribution is -1.88. The zero-order valence-corrected chi connectivity index (χ0v) is 13.4. The van der Waals surface area contributed by atoms with Gasteiger partial charge in [-0.3, -0.25) is 4.79 Å². The van der Waals surface area contributed by atoms with Crippen LogP contribution in [0.3, 0.4) is 0 Å². The Labute approximate surface area is 125 Å². The van der Waals surface area contributed by atoms with Crippen molar-refractivity contribution in [3.05, 3.63) is 24.5 Å². The lowest BCUT2D eigenvalue weighted by Gasteiger charge is -2.01. The number of hydrogen-bond acceptors (Lipinski definition) is 2. The smallest absolute Gasteiger partial charge is 0.307 e. The Morgan fingerprint density at radius 2 is 1.40 bits per heavy atom. The molecule has 0 radical (unpaired) electrons. The summed E-state index contributed by atoms with van der Waals surface area (Å²) >= 11 is 0. The van der Waals surface area contributed by atoms with E-state index in [9.17, 15) is 4.79 Å². The molecule has 0 amide bonds. The van der Waals surface area contributed by atoms with Crippen LogP contribution < -0.4 is 0 Å². The van der Waals surface area contributed by atoms with Crippen molar-refractivity contribution in [1.82, 2.24) is 0 Å². The van der Waals surface area contributed by atoms with Crippen molar-refractivity contribution in [2.24, 2.45) is 0 Å². The Hall–Kier alpha value is -1.05. The van der Waals surface area contributed by atoms with Crippen LogP contribution in [0.25, 0.3) is 0 Å². The predicted molar refractivity (Wildman–Crippen MR) is 86.5 cm³/mol. The summed E-state index contributed by atoms with van der Waals surface area (Å²) < 4.78 is 4.68. The molecule has 0 atom stereocenters. The topological polar surface area (TPSA) is 26.3 Å². The van der Waals surface area contributed by atoms with E-state index in [1.807, 2.05) is 6.08 Å². The molecule has 0 aromatic carbocycles. The molecule has 0 aliphatic carbocycles. The van der Waals surface area contributed by atoms with E-state index in [1.165, 1.54) is 77.4 Å². The Bertz CT molecular complexity index is 267. The van der Waals surface area contributed by atoms with E-state index in [0.717, 1.165) is 6.42 Å². The average molecular weight is 280 g/mol. The Morgan fingerprint density at radius 3 is 1.95 bits per heavy atom. The van der Waals surface area contributed by atoms with Crippen LogP contribution in [0, 0.1) is 0 Å². The van der Waals surface area contributed by atoms with Crippen LogP contribution in [0.2, 0.25) is 0 Å². The monoisotopic (exact) mass is 280 g/mol. The minimum atomic E-state index is -0.274. The lowest BCUT2D eigenvalue weighted by atomic mass is 10.1. The number of carbonyl (C=O) groups is 1. The Balaban J connectivity index is 3.14. The van der Waals surface area contributed by atoms with Crippen molar-refractivity contribution in [3.8, 4) is 0 Å². The third-order valence-electron chi connectivity index (χ3n) is 3.28. The molecule has 116 valence electrons. The molecule has 0 aliphatic rings. The van der Waals surface area contributed by atoms with E-state index in [0.29, 0.717) is 0 Å². The number of ether oxygens (including phenoxy) is 1. The summed E-state index contributed by atoms with van der Waals surface area (Å²) in [6, 6.07) is 0. The average Bonchev–Trinajstić information content (AvgIpc) is 2.43. The lowest BCUT2D eigenvalue weighted by molar-refractivity contribution is -0.135. The first-order valence-electron chi connectivity index (χ1n) is 8.26. The number of esters is 1. The Kier molecular flexibility index (Phi) is 15.2. The maximum atomic E-state index is 10.5. The van der Waals surface area contributed by atoms with Crippen LogP contribution in [0.5, 0.6) is 0 Å². The van der Waals surface area contributed by atoms with Gasteiger partial charge in [0.05, 0.1) is 6.26 Å². The predicted octanol–water partition coefficient (Wildman–Crippen LogP) is 5.93. The highest BCUT2D eigenvalue weighted by Crippen LogP contribution is 2.11. The second kappa shape index (κ2) is 16.0. The van der Waals surface area contributed by atoms with Gasteiger partial charge in [0.1, 0.15) is 0 Å². The number of allylic oxidation sites excluding steroid dienone is 3. The maximum Gasteiger partial charge on any atom is 0.307 e. The zero-order chi connectivity index (χ0) is 14.9. The van der Waals surface area contributed by atoms with Crippen LogP contribution in [-0.4, -0.2) is 5.97 Å². The van der Waals surface area contributed by atoms with Crippen molar-refractivity contribution in [2.45, 2.75) is 84.5 Å². The van der Waals surface area contributed by atoms with Gasteiger partial charge in [-0.25, -0.2) is 0 Å². The van der Waals surface area contributed by atoms with Gasteiger partial charge >= 0.3 is 5.97 Å². The number of rotatable bonds is 13. The second-order valence-corrected chi connectivity index (χ2v) is 5.34. The fraction of sp³-hybridized carbons (Fsp3) is 0.722. The van der Waals surface area contributed by atoms with Crippen LogP contribution in [0.15, 0.2) is 24.5 Å². The molecule has 0 spiro atoms. The molecule has 0 heterocycles. The van der Waals surface area contributed by atoms with Gasteiger partial charge in [-0.15, -0.1) is 0 Å². The Morgan fingerprint density at radius 1 is 0.850 bits per heavy atom. The fourth-order valence-corrected chi connectivity index (χ4v) is 2.10. The summed E-state index contributed by atoms with van der Waals surface area (Å²) in [7, 11) is 0. The van der Waals surface area contributed by atoms with Crippen molar-refractivity contribution >= 4 is 5.97 Å². The van der Waals surface area contributed by atoms with Crippen LogP contribution in [0.4, 0.5) is 0 Å². The van der Waals surface area contributed by atoms with Gasteiger partial charge in [0.15, 0.2) is 0 Å². The molecule has 2 nitrogen and oxygen atoms in total. The van der Waals surface area contributed by atoms with Crippen LogP contribution >= 0.6 is 0 Å². The molecular formula is C18H32O2. The standard InChI is InChI=1S/C18H32O2/c1-3-4-5-6-7-8-9-10-11-12-13-14-15-16-17-20-18(2)19/h14-17H,3-13H2,1-2H3/b15-14?,17-16-. The van der Waals surface area contributed by atoms with Gasteiger partial charge in [0.25, 0.3) is 0 Å². The highest BCUT2D eigenvalue weighted by atomic mass is 16.5. The number of carbonyl (C=O) groups excluding carboxylic acids is 1. The molecule has 0 aromatic rings. The molecule has 0 bridgehead atoms. The third-order valence-corrected chi connectivity index (χ3v) is 3.28.